The maximum absolute atomic E-state index is 11.0. The zero-order valence-electron chi connectivity index (χ0n) is 14.3. The number of benzene rings is 2. The lowest BCUT2D eigenvalue weighted by atomic mass is 10.2. The molecule has 0 spiro atoms. The van der Waals surface area contributed by atoms with Gasteiger partial charge >= 0.3 is 0 Å². The number of aromatic nitrogens is 2. The molecule has 0 aliphatic carbocycles. The number of rotatable bonds is 7. The summed E-state index contributed by atoms with van der Waals surface area (Å²) in [7, 11) is 0. The molecule has 0 saturated heterocycles. The Morgan fingerprint density at radius 2 is 1.85 bits per heavy atom. The molecule has 1 heterocycles. The second-order valence-corrected chi connectivity index (χ2v) is 5.53. The predicted octanol–water partition coefficient (Wildman–Crippen LogP) is 3.48. The van der Waals surface area contributed by atoms with Crippen LogP contribution in [0.1, 0.15) is 11.3 Å². The van der Waals surface area contributed by atoms with Crippen molar-refractivity contribution in [1.82, 2.24) is 15.3 Å². The van der Waals surface area contributed by atoms with E-state index in [4.69, 9.17) is 4.74 Å². The van der Waals surface area contributed by atoms with Crippen LogP contribution in [0, 0.1) is 0 Å². The second kappa shape index (κ2) is 8.58. The van der Waals surface area contributed by atoms with Crippen molar-refractivity contribution in [2.24, 2.45) is 0 Å². The van der Waals surface area contributed by atoms with Gasteiger partial charge in [0.25, 0.3) is 0 Å². The van der Waals surface area contributed by atoms with Crippen molar-refractivity contribution in [2.75, 3.05) is 13.2 Å². The third-order valence-corrected chi connectivity index (χ3v) is 3.65. The summed E-state index contributed by atoms with van der Waals surface area (Å²) >= 11 is 0. The molecule has 5 heteroatoms. The second-order valence-electron chi connectivity index (χ2n) is 5.53. The van der Waals surface area contributed by atoms with Gasteiger partial charge in [-0.05, 0) is 42.0 Å². The number of para-hydroxylation sites is 2. The largest absolute Gasteiger partial charge is 0.492 e. The van der Waals surface area contributed by atoms with Crippen molar-refractivity contribution in [2.45, 2.75) is 0 Å². The summed E-state index contributed by atoms with van der Waals surface area (Å²) in [6, 6.07) is 15.5. The van der Waals surface area contributed by atoms with Gasteiger partial charge in [-0.1, -0.05) is 36.9 Å². The van der Waals surface area contributed by atoms with E-state index in [0.717, 1.165) is 28.0 Å². The summed E-state index contributed by atoms with van der Waals surface area (Å²) < 4.78 is 5.57. The van der Waals surface area contributed by atoms with Gasteiger partial charge in [-0.2, -0.15) is 0 Å². The van der Waals surface area contributed by atoms with Crippen LogP contribution in [0.2, 0.25) is 0 Å². The number of nitrogens with one attached hydrogen (secondary N) is 1. The molecule has 0 atom stereocenters. The standard InChI is InChI=1S/C21H19N3O2/c1-2-21(25)22-13-14-26-18-11-8-16(9-12-18)7-10-17-15-23-19-5-3-4-6-20(19)24-17/h2-12,15H,1,13-14H2,(H,22,25). The predicted molar refractivity (Wildman–Crippen MR) is 104 cm³/mol. The van der Waals surface area contributed by atoms with Crippen molar-refractivity contribution in [1.29, 1.82) is 0 Å². The lowest BCUT2D eigenvalue weighted by Gasteiger charge is -2.06. The van der Waals surface area contributed by atoms with E-state index >= 15 is 0 Å². The van der Waals surface area contributed by atoms with E-state index < -0.39 is 0 Å². The highest BCUT2D eigenvalue weighted by Gasteiger charge is 1.98. The van der Waals surface area contributed by atoms with E-state index in [1.165, 1.54) is 6.08 Å². The SMILES string of the molecule is C=CC(=O)NCCOc1ccc(C=Cc2cnc3ccccc3n2)cc1. The highest BCUT2D eigenvalue weighted by Crippen LogP contribution is 2.15. The molecule has 0 bridgehead atoms. The molecule has 5 nitrogen and oxygen atoms in total. The van der Waals surface area contributed by atoms with Crippen LogP contribution in [-0.2, 0) is 4.79 Å². The van der Waals surface area contributed by atoms with Crippen molar-refractivity contribution >= 4 is 29.1 Å². The Morgan fingerprint density at radius 1 is 1.08 bits per heavy atom. The average molecular weight is 345 g/mol. The average Bonchev–Trinajstić information content (AvgIpc) is 2.70. The number of hydrogen-bond acceptors (Lipinski definition) is 4. The smallest absolute Gasteiger partial charge is 0.243 e. The highest BCUT2D eigenvalue weighted by atomic mass is 16.5. The van der Waals surface area contributed by atoms with E-state index in [1.807, 2.05) is 60.7 Å². The molecular formula is C21H19N3O2. The number of hydrogen-bond donors (Lipinski definition) is 1. The van der Waals surface area contributed by atoms with Gasteiger partial charge in [0.05, 0.1) is 29.5 Å². The monoisotopic (exact) mass is 345 g/mol. The number of ether oxygens (including phenoxy) is 1. The maximum Gasteiger partial charge on any atom is 0.243 e. The first-order valence-corrected chi connectivity index (χ1v) is 8.27. The third-order valence-electron chi connectivity index (χ3n) is 3.65. The number of nitrogens with zero attached hydrogens (tertiary/aromatic N) is 2. The lowest BCUT2D eigenvalue weighted by Crippen LogP contribution is -2.26. The molecule has 0 aliphatic heterocycles. The van der Waals surface area contributed by atoms with Gasteiger partial charge in [0, 0.05) is 0 Å². The normalized spacial score (nSPS) is 10.8. The van der Waals surface area contributed by atoms with E-state index in [-0.39, 0.29) is 5.91 Å². The summed E-state index contributed by atoms with van der Waals surface area (Å²) in [5.41, 5.74) is 3.60. The number of carbonyl (C=O) groups is 1. The lowest BCUT2D eigenvalue weighted by molar-refractivity contribution is -0.116. The van der Waals surface area contributed by atoms with Gasteiger partial charge in [0.15, 0.2) is 0 Å². The molecule has 0 saturated carbocycles. The molecule has 130 valence electrons. The van der Waals surface area contributed by atoms with Gasteiger partial charge in [0.1, 0.15) is 12.4 Å². The fraction of sp³-hybridized carbons (Fsp3) is 0.0952. The molecule has 1 N–H and O–H groups in total. The minimum atomic E-state index is -0.203. The molecule has 0 aliphatic rings. The third kappa shape index (κ3) is 4.77. The van der Waals surface area contributed by atoms with Crippen molar-refractivity contribution in [3.63, 3.8) is 0 Å². The molecule has 0 fully saturated rings. The first-order valence-electron chi connectivity index (χ1n) is 8.27. The van der Waals surface area contributed by atoms with Crippen LogP contribution in [0.5, 0.6) is 5.75 Å². The van der Waals surface area contributed by atoms with Crippen molar-refractivity contribution in [3.8, 4) is 5.75 Å². The number of carbonyl (C=O) groups excluding carboxylic acids is 1. The van der Waals surface area contributed by atoms with Crippen molar-refractivity contribution < 1.29 is 9.53 Å². The van der Waals surface area contributed by atoms with Crippen LogP contribution in [-0.4, -0.2) is 29.0 Å². The fourth-order valence-electron chi connectivity index (χ4n) is 2.32. The first-order chi connectivity index (χ1) is 12.7. The summed E-state index contributed by atoms with van der Waals surface area (Å²) in [5, 5.41) is 2.66. The zero-order chi connectivity index (χ0) is 18.2. The van der Waals surface area contributed by atoms with E-state index in [0.29, 0.717) is 13.2 Å². The molecule has 0 radical (unpaired) electrons. The molecule has 1 amide bonds. The van der Waals surface area contributed by atoms with E-state index in [2.05, 4.69) is 21.9 Å². The van der Waals surface area contributed by atoms with Gasteiger partial charge in [-0.15, -0.1) is 0 Å². The first kappa shape index (κ1) is 17.4. The zero-order valence-corrected chi connectivity index (χ0v) is 14.3. The van der Waals surface area contributed by atoms with Crippen LogP contribution >= 0.6 is 0 Å². The molecule has 26 heavy (non-hydrogen) atoms. The summed E-state index contributed by atoms with van der Waals surface area (Å²) in [4.78, 5) is 20.0. The Morgan fingerprint density at radius 3 is 2.62 bits per heavy atom. The Balaban J connectivity index is 1.56. The van der Waals surface area contributed by atoms with Crippen LogP contribution in [0.25, 0.3) is 23.2 Å². The molecule has 1 aromatic heterocycles. The Hall–Kier alpha value is -3.47. The van der Waals surface area contributed by atoms with Crippen LogP contribution in [0.4, 0.5) is 0 Å². The molecule has 0 unspecified atom stereocenters. The summed E-state index contributed by atoms with van der Waals surface area (Å²) in [6.07, 6.45) is 6.90. The number of fused-ring (bicyclic) bond motifs is 1. The van der Waals surface area contributed by atoms with Crippen LogP contribution in [0.15, 0.2) is 67.4 Å². The van der Waals surface area contributed by atoms with Gasteiger partial charge < -0.3 is 10.1 Å². The van der Waals surface area contributed by atoms with Gasteiger partial charge in [0.2, 0.25) is 5.91 Å². The van der Waals surface area contributed by atoms with Crippen LogP contribution in [0.3, 0.4) is 0 Å². The molecule has 2 aromatic carbocycles. The van der Waals surface area contributed by atoms with Gasteiger partial charge in [-0.3, -0.25) is 9.78 Å². The molecular weight excluding hydrogens is 326 g/mol. The number of amides is 1. The Bertz CT molecular complexity index is 933. The van der Waals surface area contributed by atoms with Crippen molar-refractivity contribution in [3.05, 3.63) is 78.6 Å². The quantitative estimate of drug-likeness (QED) is 0.526. The van der Waals surface area contributed by atoms with E-state index in [9.17, 15) is 4.79 Å². The molecule has 3 rings (SSSR count). The Labute approximate surface area is 152 Å². The summed E-state index contributed by atoms with van der Waals surface area (Å²) in [6.45, 7) is 4.24. The Kier molecular flexibility index (Phi) is 5.72. The van der Waals surface area contributed by atoms with Gasteiger partial charge in [-0.25, -0.2) is 4.98 Å². The fourth-order valence-corrected chi connectivity index (χ4v) is 2.32. The van der Waals surface area contributed by atoms with E-state index in [1.54, 1.807) is 6.20 Å². The summed E-state index contributed by atoms with van der Waals surface area (Å²) in [5.74, 6) is 0.548. The highest BCUT2D eigenvalue weighted by molar-refractivity contribution is 5.86. The minimum Gasteiger partial charge on any atom is -0.492 e. The molecule has 3 aromatic rings. The topological polar surface area (TPSA) is 64.1 Å². The maximum atomic E-state index is 11.0. The van der Waals surface area contributed by atoms with Crippen LogP contribution < -0.4 is 10.1 Å². The minimum absolute atomic E-state index is 0.203.